The van der Waals surface area contributed by atoms with Gasteiger partial charge in [0, 0.05) is 62.9 Å². The number of nitrogens with zero attached hydrogens (tertiary/aromatic N) is 6. The number of benzene rings is 3. The fraction of sp³-hybridized carbons (Fsp3) is 0.405. The molecule has 2 N–H and O–H groups in total. The predicted octanol–water partition coefficient (Wildman–Crippen LogP) is 5.13. The van der Waals surface area contributed by atoms with E-state index in [1.165, 1.54) is 43.3 Å². The first-order valence-corrected chi connectivity index (χ1v) is 17.0. The van der Waals surface area contributed by atoms with Crippen LogP contribution in [0.25, 0.3) is 5.69 Å². The fourth-order valence-electron chi connectivity index (χ4n) is 6.19. The highest BCUT2D eigenvalue weighted by molar-refractivity contribution is 6.14. The summed E-state index contributed by atoms with van der Waals surface area (Å²) in [6.07, 6.45) is 8.96. The zero-order valence-corrected chi connectivity index (χ0v) is 28.5. The van der Waals surface area contributed by atoms with Gasteiger partial charge in [-0.1, -0.05) is 43.2 Å². The number of aromatic nitrogens is 3. The number of hydrogen-bond acceptors (Lipinski definition) is 10. The molecule has 3 fully saturated rings. The van der Waals surface area contributed by atoms with E-state index in [0.717, 1.165) is 55.9 Å². The molecule has 3 aliphatic rings. The predicted molar refractivity (Wildman–Crippen MR) is 195 cm³/mol. The molecule has 3 heterocycles. The molecule has 0 unspecified atom stereocenters. The Bertz CT molecular complexity index is 1620. The van der Waals surface area contributed by atoms with E-state index in [9.17, 15) is 4.79 Å². The van der Waals surface area contributed by atoms with Gasteiger partial charge in [0.25, 0.3) is 0 Å². The molecule has 1 saturated carbocycles. The average Bonchev–Trinajstić information content (AvgIpc) is 3.97. The van der Waals surface area contributed by atoms with Crippen molar-refractivity contribution in [3.8, 4) is 11.4 Å². The van der Waals surface area contributed by atoms with Crippen LogP contribution in [-0.4, -0.2) is 80.3 Å². The number of rotatable bonds is 9. The van der Waals surface area contributed by atoms with Gasteiger partial charge in [-0.2, -0.15) is 10.2 Å². The van der Waals surface area contributed by atoms with Gasteiger partial charge in [0.15, 0.2) is 6.29 Å². The quantitative estimate of drug-likeness (QED) is 0.186. The van der Waals surface area contributed by atoms with Crippen LogP contribution in [0.15, 0.2) is 95.1 Å². The minimum Gasteiger partial charge on any atom is -0.497 e. The van der Waals surface area contributed by atoms with Crippen LogP contribution in [0.2, 0.25) is 0 Å². The molecule has 4 aromatic rings. The van der Waals surface area contributed by atoms with E-state index in [0.29, 0.717) is 19.1 Å². The third kappa shape index (κ3) is 10.0. The molecule has 12 nitrogen and oxygen atoms in total. The molecule has 2 saturated heterocycles. The van der Waals surface area contributed by atoms with E-state index in [4.69, 9.17) is 19.6 Å². The van der Waals surface area contributed by atoms with Gasteiger partial charge in [-0.3, -0.25) is 0 Å². The van der Waals surface area contributed by atoms with Crippen molar-refractivity contribution < 1.29 is 14.2 Å². The van der Waals surface area contributed by atoms with Gasteiger partial charge in [0.1, 0.15) is 12.1 Å². The van der Waals surface area contributed by atoms with Crippen molar-refractivity contribution in [1.29, 1.82) is 5.41 Å². The van der Waals surface area contributed by atoms with Crippen molar-refractivity contribution in [2.24, 2.45) is 11.0 Å². The van der Waals surface area contributed by atoms with Crippen LogP contribution in [0.1, 0.15) is 37.5 Å². The molecule has 0 bridgehead atoms. The lowest BCUT2D eigenvalue weighted by molar-refractivity contribution is -0.0441. The Hall–Kier alpha value is -4.94. The van der Waals surface area contributed by atoms with E-state index in [2.05, 4.69) is 49.7 Å². The number of piperazine rings is 1. The second kappa shape index (κ2) is 18.6. The second-order valence-corrected chi connectivity index (χ2v) is 12.0. The summed E-state index contributed by atoms with van der Waals surface area (Å²) in [4.78, 5) is 17.6. The first-order valence-electron chi connectivity index (χ1n) is 17.0. The first-order chi connectivity index (χ1) is 24.1. The standard InChI is InChI=1S/C25H31N5O2.C9H10O2.C3H7N3/c1-32-24-12-10-22(11-13-24)28-16-14-27(15-17-28)21-6-8-23(9-7-21)29-19-26-30(25(29)31)18-20-4-2-3-5-20;1-2-4-8(5-3-1)9-10-6-7-11-9;1-5-6-3-2-4/h6-13,19-20H,2-5,14-18H2,1H3;1-5,9H,6-7H2;2-5H,1H3/b;;4-2?,6-3-. The molecular formula is C37H48N8O4. The van der Waals surface area contributed by atoms with Crippen molar-refractivity contribution in [2.45, 2.75) is 38.5 Å². The summed E-state index contributed by atoms with van der Waals surface area (Å²) >= 11 is 0. The van der Waals surface area contributed by atoms with Crippen LogP contribution in [0.5, 0.6) is 5.75 Å². The topological polar surface area (TPSA) is 122 Å². The zero-order valence-electron chi connectivity index (χ0n) is 28.5. The molecule has 1 aromatic heterocycles. The van der Waals surface area contributed by atoms with Crippen LogP contribution < -0.4 is 25.7 Å². The monoisotopic (exact) mass is 668 g/mol. The third-order valence-corrected chi connectivity index (χ3v) is 8.82. The van der Waals surface area contributed by atoms with Gasteiger partial charge in [0.05, 0.1) is 32.2 Å². The Morgan fingerprint density at radius 3 is 1.98 bits per heavy atom. The highest BCUT2D eigenvalue weighted by Gasteiger charge is 2.20. The number of nitrogens with one attached hydrogen (secondary N) is 2. The molecule has 0 radical (unpaired) electrons. The summed E-state index contributed by atoms with van der Waals surface area (Å²) in [6.45, 7) is 6.03. The molecule has 2 aliphatic heterocycles. The first kappa shape index (κ1) is 35.4. The molecule has 12 heteroatoms. The van der Waals surface area contributed by atoms with E-state index >= 15 is 0 Å². The largest absolute Gasteiger partial charge is 0.497 e. The van der Waals surface area contributed by atoms with Gasteiger partial charge in [-0.15, -0.1) is 0 Å². The highest BCUT2D eigenvalue weighted by Crippen LogP contribution is 2.26. The van der Waals surface area contributed by atoms with E-state index in [1.54, 1.807) is 29.7 Å². The maximum atomic E-state index is 12.8. The molecule has 1 aliphatic carbocycles. The van der Waals surface area contributed by atoms with Crippen LogP contribution in [-0.2, 0) is 16.0 Å². The Balaban J connectivity index is 0.000000225. The number of ether oxygens (including phenoxy) is 3. The Morgan fingerprint density at radius 1 is 0.878 bits per heavy atom. The van der Waals surface area contributed by atoms with Crippen LogP contribution in [0.3, 0.4) is 0 Å². The SMILES string of the molecule is CN/N=C\C=N.COc1ccc(N2CCN(c3ccc(-n4cnn(CC5CCCC5)c4=O)cc3)CC2)cc1.c1ccc(C2OCCO2)cc1. The maximum Gasteiger partial charge on any atom is 0.350 e. The van der Waals surface area contributed by atoms with Crippen LogP contribution in [0.4, 0.5) is 11.4 Å². The van der Waals surface area contributed by atoms with E-state index in [1.807, 2.05) is 54.6 Å². The molecule has 0 spiro atoms. The lowest BCUT2D eigenvalue weighted by Gasteiger charge is -2.37. The van der Waals surface area contributed by atoms with Crippen molar-refractivity contribution in [2.75, 3.05) is 63.4 Å². The lowest BCUT2D eigenvalue weighted by atomic mass is 10.1. The van der Waals surface area contributed by atoms with E-state index in [-0.39, 0.29) is 12.0 Å². The molecule has 260 valence electrons. The van der Waals surface area contributed by atoms with E-state index < -0.39 is 0 Å². The van der Waals surface area contributed by atoms with Gasteiger partial charge in [0.2, 0.25) is 0 Å². The normalized spacial score (nSPS) is 16.5. The number of hydrazone groups is 1. The summed E-state index contributed by atoms with van der Waals surface area (Å²) in [5.41, 5.74) is 6.83. The Labute approximate surface area is 288 Å². The van der Waals surface area contributed by atoms with Crippen molar-refractivity contribution in [3.63, 3.8) is 0 Å². The third-order valence-electron chi connectivity index (χ3n) is 8.82. The summed E-state index contributed by atoms with van der Waals surface area (Å²) < 4.78 is 19.2. The van der Waals surface area contributed by atoms with Gasteiger partial charge < -0.3 is 34.8 Å². The summed E-state index contributed by atoms with van der Waals surface area (Å²) in [5.74, 6) is 1.48. The van der Waals surface area contributed by atoms with Gasteiger partial charge in [-0.05, 0) is 67.3 Å². The number of methoxy groups -OCH3 is 1. The minimum absolute atomic E-state index is 0.0437. The Morgan fingerprint density at radius 2 is 1.45 bits per heavy atom. The molecule has 0 amide bonds. The Kier molecular flexibility index (Phi) is 13.4. The molecule has 49 heavy (non-hydrogen) atoms. The summed E-state index contributed by atoms with van der Waals surface area (Å²) in [7, 11) is 3.37. The summed E-state index contributed by atoms with van der Waals surface area (Å²) in [6, 6.07) is 26.5. The van der Waals surface area contributed by atoms with Crippen LogP contribution in [0, 0.1) is 11.3 Å². The highest BCUT2D eigenvalue weighted by atomic mass is 16.7. The number of anilines is 2. The lowest BCUT2D eigenvalue weighted by Crippen LogP contribution is -2.46. The molecule has 7 rings (SSSR count). The van der Waals surface area contributed by atoms with Crippen LogP contribution >= 0.6 is 0 Å². The van der Waals surface area contributed by atoms with Crippen molar-refractivity contribution in [1.82, 2.24) is 19.8 Å². The second-order valence-electron chi connectivity index (χ2n) is 12.0. The van der Waals surface area contributed by atoms with Gasteiger partial charge in [-0.25, -0.2) is 14.0 Å². The summed E-state index contributed by atoms with van der Waals surface area (Å²) in [5, 5.41) is 14.2. The fourth-order valence-corrected chi connectivity index (χ4v) is 6.19. The molecule has 3 aromatic carbocycles. The van der Waals surface area contributed by atoms with Crippen molar-refractivity contribution >= 4 is 23.8 Å². The average molecular weight is 669 g/mol. The smallest absolute Gasteiger partial charge is 0.350 e. The maximum absolute atomic E-state index is 12.8. The molecular weight excluding hydrogens is 620 g/mol. The molecule has 0 atom stereocenters. The number of hydrogen-bond donors (Lipinski definition) is 2. The zero-order chi connectivity index (χ0) is 34.3. The minimum atomic E-state index is -0.129. The van der Waals surface area contributed by atoms with Gasteiger partial charge >= 0.3 is 5.69 Å². The van der Waals surface area contributed by atoms with Crippen molar-refractivity contribution in [3.05, 3.63) is 101 Å².